The quantitative estimate of drug-likeness (QED) is 0.809. The first-order valence-electron chi connectivity index (χ1n) is 7.14. The number of ether oxygens (including phenoxy) is 1. The van der Waals surface area contributed by atoms with Gasteiger partial charge in [-0.05, 0) is 37.0 Å². The zero-order chi connectivity index (χ0) is 15.1. The molecule has 2 rings (SSSR count). The molecule has 1 heterocycles. The van der Waals surface area contributed by atoms with E-state index in [9.17, 15) is 9.18 Å². The van der Waals surface area contributed by atoms with Crippen LogP contribution in [0.2, 0.25) is 0 Å². The van der Waals surface area contributed by atoms with Crippen molar-refractivity contribution in [3.8, 4) is 0 Å². The second kappa shape index (κ2) is 7.33. The monoisotopic (exact) mass is 292 g/mol. The largest absolute Gasteiger partial charge is 0.381 e. The molecule has 1 aliphatic heterocycles. The van der Waals surface area contributed by atoms with Crippen molar-refractivity contribution in [2.24, 2.45) is 5.73 Å². The van der Waals surface area contributed by atoms with Crippen LogP contribution in [0, 0.1) is 5.82 Å². The average molecular weight is 292 g/mol. The summed E-state index contributed by atoms with van der Waals surface area (Å²) in [7, 11) is 0. The second-order valence-corrected chi connectivity index (χ2v) is 5.33. The summed E-state index contributed by atoms with van der Waals surface area (Å²) in [5.74, 6) is -0.428. The topological polar surface area (TPSA) is 64.4 Å². The van der Waals surface area contributed by atoms with Crippen LogP contribution in [0.4, 0.5) is 4.39 Å². The molecule has 0 bridgehead atoms. The Morgan fingerprint density at radius 1 is 1.43 bits per heavy atom. The van der Waals surface area contributed by atoms with E-state index in [1.54, 1.807) is 12.1 Å². The molecular formula is C16H21FN2O2. The Kier molecular flexibility index (Phi) is 5.47. The number of hydrogen-bond acceptors (Lipinski definition) is 3. The molecule has 1 amide bonds. The Balaban J connectivity index is 2.13. The van der Waals surface area contributed by atoms with E-state index in [0.29, 0.717) is 39.0 Å². The SMILES string of the molecule is NC/C=C/C(=O)NC1(Cc2cccc(F)c2)CCOCC1. The first-order chi connectivity index (χ1) is 10.1. The van der Waals surface area contributed by atoms with Crippen LogP contribution >= 0.6 is 0 Å². The van der Waals surface area contributed by atoms with Crippen LogP contribution in [0.5, 0.6) is 0 Å². The average Bonchev–Trinajstić information content (AvgIpc) is 2.46. The minimum atomic E-state index is -0.387. The summed E-state index contributed by atoms with van der Waals surface area (Å²) < 4.78 is 18.7. The molecule has 1 fully saturated rings. The van der Waals surface area contributed by atoms with Crippen LogP contribution in [-0.2, 0) is 16.0 Å². The molecule has 0 unspecified atom stereocenters. The van der Waals surface area contributed by atoms with E-state index in [2.05, 4.69) is 5.32 Å². The number of nitrogens with two attached hydrogens (primary N) is 1. The molecular weight excluding hydrogens is 271 g/mol. The van der Waals surface area contributed by atoms with Crippen molar-refractivity contribution in [1.82, 2.24) is 5.32 Å². The Hall–Kier alpha value is -1.72. The number of rotatable bonds is 5. The summed E-state index contributed by atoms with van der Waals surface area (Å²) in [5.41, 5.74) is 5.84. The number of benzene rings is 1. The van der Waals surface area contributed by atoms with Gasteiger partial charge in [-0.15, -0.1) is 0 Å². The molecule has 4 nitrogen and oxygen atoms in total. The standard InChI is InChI=1S/C16H21FN2O2/c17-14-4-1-3-13(11-14)12-16(6-9-21-10-7-16)19-15(20)5-2-8-18/h1-5,11H,6-10,12,18H2,(H,19,20)/b5-2+. The number of carbonyl (C=O) groups excluding carboxylic acids is 1. The van der Waals surface area contributed by atoms with Crippen LogP contribution in [0.3, 0.4) is 0 Å². The van der Waals surface area contributed by atoms with E-state index < -0.39 is 0 Å². The van der Waals surface area contributed by atoms with Crippen LogP contribution in [0.15, 0.2) is 36.4 Å². The summed E-state index contributed by atoms with van der Waals surface area (Å²) >= 11 is 0. The predicted molar refractivity (Wildman–Crippen MR) is 79.2 cm³/mol. The summed E-state index contributed by atoms with van der Waals surface area (Å²) in [6, 6.07) is 6.50. The van der Waals surface area contributed by atoms with Crippen molar-refractivity contribution in [2.75, 3.05) is 19.8 Å². The Morgan fingerprint density at radius 3 is 2.86 bits per heavy atom. The van der Waals surface area contributed by atoms with Gasteiger partial charge in [0.25, 0.3) is 0 Å². The molecule has 114 valence electrons. The Morgan fingerprint density at radius 2 is 2.19 bits per heavy atom. The third-order valence-electron chi connectivity index (χ3n) is 3.68. The van der Waals surface area contributed by atoms with E-state index in [1.165, 1.54) is 18.2 Å². The summed E-state index contributed by atoms with van der Waals surface area (Å²) in [6.45, 7) is 1.51. The highest BCUT2D eigenvalue weighted by Crippen LogP contribution is 2.25. The maximum absolute atomic E-state index is 13.3. The summed E-state index contributed by atoms with van der Waals surface area (Å²) in [4.78, 5) is 12.0. The number of amides is 1. The van der Waals surface area contributed by atoms with Gasteiger partial charge in [-0.25, -0.2) is 4.39 Å². The molecule has 1 aliphatic rings. The van der Waals surface area contributed by atoms with E-state index in [1.807, 2.05) is 6.07 Å². The van der Waals surface area contributed by atoms with Crippen LogP contribution < -0.4 is 11.1 Å². The fraction of sp³-hybridized carbons (Fsp3) is 0.438. The Bertz CT molecular complexity index is 511. The lowest BCUT2D eigenvalue weighted by atomic mass is 9.83. The highest BCUT2D eigenvalue weighted by Gasteiger charge is 2.33. The maximum Gasteiger partial charge on any atom is 0.244 e. The highest BCUT2D eigenvalue weighted by atomic mass is 19.1. The van der Waals surface area contributed by atoms with Crippen molar-refractivity contribution in [3.05, 3.63) is 47.8 Å². The predicted octanol–water partition coefficient (Wildman–Crippen LogP) is 1.55. The summed E-state index contributed by atoms with van der Waals surface area (Å²) in [5, 5.41) is 3.05. The first-order valence-corrected chi connectivity index (χ1v) is 7.14. The van der Waals surface area contributed by atoms with E-state index in [0.717, 1.165) is 5.56 Å². The van der Waals surface area contributed by atoms with Gasteiger partial charge in [0.2, 0.25) is 5.91 Å². The van der Waals surface area contributed by atoms with Gasteiger partial charge in [-0.3, -0.25) is 4.79 Å². The summed E-state index contributed by atoms with van der Waals surface area (Å²) in [6.07, 6.45) is 5.08. The molecule has 0 atom stereocenters. The molecule has 1 saturated heterocycles. The second-order valence-electron chi connectivity index (χ2n) is 5.33. The number of nitrogens with one attached hydrogen (secondary N) is 1. The molecule has 0 saturated carbocycles. The molecule has 0 aliphatic carbocycles. The Labute approximate surface area is 124 Å². The zero-order valence-electron chi connectivity index (χ0n) is 12.0. The van der Waals surface area contributed by atoms with E-state index in [-0.39, 0.29) is 17.3 Å². The molecule has 3 N–H and O–H groups in total. The third-order valence-corrected chi connectivity index (χ3v) is 3.68. The van der Waals surface area contributed by atoms with E-state index >= 15 is 0 Å². The fourth-order valence-corrected chi connectivity index (χ4v) is 2.62. The minimum absolute atomic E-state index is 0.168. The molecule has 21 heavy (non-hydrogen) atoms. The number of carbonyl (C=O) groups is 1. The molecule has 1 aromatic rings. The lowest BCUT2D eigenvalue weighted by Crippen LogP contribution is -2.53. The number of halogens is 1. The van der Waals surface area contributed by atoms with Gasteiger partial charge in [0, 0.05) is 31.4 Å². The van der Waals surface area contributed by atoms with Crippen molar-refractivity contribution >= 4 is 5.91 Å². The van der Waals surface area contributed by atoms with Crippen LogP contribution in [0.1, 0.15) is 18.4 Å². The first kappa shape index (κ1) is 15.7. The van der Waals surface area contributed by atoms with Gasteiger partial charge >= 0.3 is 0 Å². The minimum Gasteiger partial charge on any atom is -0.381 e. The molecule has 0 radical (unpaired) electrons. The normalized spacial score (nSPS) is 17.8. The lowest BCUT2D eigenvalue weighted by Gasteiger charge is -2.38. The maximum atomic E-state index is 13.3. The van der Waals surface area contributed by atoms with Gasteiger partial charge in [-0.2, -0.15) is 0 Å². The molecule has 1 aromatic carbocycles. The molecule has 0 aromatic heterocycles. The van der Waals surface area contributed by atoms with E-state index in [4.69, 9.17) is 10.5 Å². The van der Waals surface area contributed by atoms with Gasteiger partial charge in [0.1, 0.15) is 5.82 Å². The van der Waals surface area contributed by atoms with Crippen LogP contribution in [-0.4, -0.2) is 31.2 Å². The highest BCUT2D eigenvalue weighted by molar-refractivity contribution is 5.88. The van der Waals surface area contributed by atoms with Gasteiger partial charge in [-0.1, -0.05) is 18.2 Å². The smallest absolute Gasteiger partial charge is 0.244 e. The van der Waals surface area contributed by atoms with Gasteiger partial charge in [0.15, 0.2) is 0 Å². The van der Waals surface area contributed by atoms with Crippen molar-refractivity contribution < 1.29 is 13.9 Å². The zero-order valence-corrected chi connectivity index (χ0v) is 12.0. The van der Waals surface area contributed by atoms with Gasteiger partial charge < -0.3 is 15.8 Å². The van der Waals surface area contributed by atoms with Gasteiger partial charge in [0.05, 0.1) is 0 Å². The molecule has 5 heteroatoms. The van der Waals surface area contributed by atoms with Crippen molar-refractivity contribution in [3.63, 3.8) is 0 Å². The molecule has 0 spiro atoms. The van der Waals surface area contributed by atoms with Crippen molar-refractivity contribution in [2.45, 2.75) is 24.8 Å². The van der Waals surface area contributed by atoms with Crippen molar-refractivity contribution in [1.29, 1.82) is 0 Å². The van der Waals surface area contributed by atoms with Crippen LogP contribution in [0.25, 0.3) is 0 Å². The third kappa shape index (κ3) is 4.65. The fourth-order valence-electron chi connectivity index (χ4n) is 2.62. The number of hydrogen-bond donors (Lipinski definition) is 2. The lowest BCUT2D eigenvalue weighted by molar-refractivity contribution is -0.119.